The number of nitrogens with zero attached hydrogens (tertiary/aromatic N) is 3. The lowest BCUT2D eigenvalue weighted by atomic mass is 10.0. The van der Waals surface area contributed by atoms with Crippen LogP contribution in [0, 0.1) is 19.7 Å². The van der Waals surface area contributed by atoms with E-state index in [1.165, 1.54) is 6.07 Å². The van der Waals surface area contributed by atoms with Gasteiger partial charge >= 0.3 is 5.69 Å². The summed E-state index contributed by atoms with van der Waals surface area (Å²) in [6, 6.07) is 12.3. The Bertz CT molecular complexity index is 1430. The highest BCUT2D eigenvalue weighted by molar-refractivity contribution is 6.03. The van der Waals surface area contributed by atoms with Crippen molar-refractivity contribution in [3.05, 3.63) is 82.0 Å². The number of halogens is 1. The first-order valence-electron chi connectivity index (χ1n) is 9.21. The molecule has 2 aromatic carbocycles. The first kappa shape index (κ1) is 17.4. The quantitative estimate of drug-likeness (QED) is 0.499. The third-order valence-corrected chi connectivity index (χ3v) is 5.21. The molecular formula is C22H17FN4O2. The molecule has 144 valence electrons. The number of aromatic amines is 1. The Kier molecular flexibility index (Phi) is 3.84. The zero-order valence-electron chi connectivity index (χ0n) is 15.9. The van der Waals surface area contributed by atoms with Gasteiger partial charge in [-0.05, 0) is 31.5 Å². The molecular weight excluding hydrogens is 371 g/mol. The maximum Gasteiger partial charge on any atom is 0.326 e. The first-order valence-corrected chi connectivity index (χ1v) is 9.21. The molecule has 6 nitrogen and oxygen atoms in total. The molecule has 0 bridgehead atoms. The monoisotopic (exact) mass is 388 g/mol. The van der Waals surface area contributed by atoms with Gasteiger partial charge in [0.25, 0.3) is 0 Å². The van der Waals surface area contributed by atoms with Crippen LogP contribution in [0.4, 0.5) is 4.39 Å². The number of imidazole rings is 1. The summed E-state index contributed by atoms with van der Waals surface area (Å²) in [6.07, 6.45) is 1.63. The van der Waals surface area contributed by atoms with Gasteiger partial charge in [-0.15, -0.1) is 0 Å². The molecule has 0 fully saturated rings. The summed E-state index contributed by atoms with van der Waals surface area (Å²) in [5.41, 5.74) is 4.89. The average Bonchev–Trinajstić information content (AvgIpc) is 3.21. The van der Waals surface area contributed by atoms with Gasteiger partial charge in [-0.25, -0.2) is 9.18 Å². The van der Waals surface area contributed by atoms with Gasteiger partial charge in [0.15, 0.2) is 0 Å². The first-order chi connectivity index (χ1) is 14.0. The number of hydrogen-bond acceptors (Lipinski definition) is 4. The van der Waals surface area contributed by atoms with E-state index in [0.29, 0.717) is 16.6 Å². The third kappa shape index (κ3) is 2.74. The van der Waals surface area contributed by atoms with Crippen LogP contribution in [0.25, 0.3) is 33.1 Å². The van der Waals surface area contributed by atoms with Crippen molar-refractivity contribution in [1.82, 2.24) is 19.7 Å². The van der Waals surface area contributed by atoms with Gasteiger partial charge in [0, 0.05) is 16.5 Å². The van der Waals surface area contributed by atoms with Crippen LogP contribution < -0.4 is 5.69 Å². The minimum atomic E-state index is -0.340. The lowest BCUT2D eigenvalue weighted by molar-refractivity contribution is 0.393. The molecule has 1 N–H and O–H groups in total. The van der Waals surface area contributed by atoms with E-state index in [9.17, 15) is 9.18 Å². The molecule has 0 unspecified atom stereocenters. The SMILES string of the molecule is Cc1noc(C)c1-c1ccc2c(c1)ncc1[nH]c(=O)n(Cc3ccccc3F)c12. The zero-order chi connectivity index (χ0) is 20.1. The van der Waals surface area contributed by atoms with Crippen LogP contribution in [0.2, 0.25) is 0 Å². The van der Waals surface area contributed by atoms with Crippen molar-refractivity contribution in [3.63, 3.8) is 0 Å². The van der Waals surface area contributed by atoms with Crippen LogP contribution in [-0.4, -0.2) is 19.7 Å². The van der Waals surface area contributed by atoms with Crippen molar-refractivity contribution >= 4 is 21.9 Å². The van der Waals surface area contributed by atoms with Crippen LogP contribution >= 0.6 is 0 Å². The average molecular weight is 388 g/mol. The Morgan fingerprint density at radius 1 is 1.17 bits per heavy atom. The van der Waals surface area contributed by atoms with Crippen molar-refractivity contribution < 1.29 is 8.91 Å². The van der Waals surface area contributed by atoms with E-state index in [2.05, 4.69) is 15.1 Å². The van der Waals surface area contributed by atoms with Gasteiger partial charge in [-0.1, -0.05) is 35.5 Å². The molecule has 0 aliphatic rings. The summed E-state index contributed by atoms with van der Waals surface area (Å²) >= 11 is 0. The van der Waals surface area contributed by atoms with E-state index in [0.717, 1.165) is 33.5 Å². The van der Waals surface area contributed by atoms with E-state index in [1.807, 2.05) is 32.0 Å². The Morgan fingerprint density at radius 3 is 2.76 bits per heavy atom. The molecule has 0 radical (unpaired) electrons. The second kappa shape index (κ2) is 6.41. The molecule has 0 amide bonds. The highest BCUT2D eigenvalue weighted by atomic mass is 19.1. The van der Waals surface area contributed by atoms with Crippen LogP contribution in [0.3, 0.4) is 0 Å². The van der Waals surface area contributed by atoms with E-state index in [1.54, 1.807) is 29.0 Å². The smallest absolute Gasteiger partial charge is 0.326 e. The normalized spacial score (nSPS) is 11.6. The Balaban J connectivity index is 1.72. The number of rotatable bonds is 3. The molecule has 0 aliphatic carbocycles. The van der Waals surface area contributed by atoms with Gasteiger partial charge in [-0.2, -0.15) is 0 Å². The Labute approximate surface area is 164 Å². The lowest BCUT2D eigenvalue weighted by Crippen LogP contribution is -2.18. The summed E-state index contributed by atoms with van der Waals surface area (Å²) in [6.45, 7) is 3.90. The van der Waals surface area contributed by atoms with Crippen LogP contribution in [0.15, 0.2) is 58.0 Å². The zero-order valence-corrected chi connectivity index (χ0v) is 15.9. The molecule has 29 heavy (non-hydrogen) atoms. The number of pyridine rings is 1. The second-order valence-corrected chi connectivity index (χ2v) is 7.06. The highest BCUT2D eigenvalue weighted by Crippen LogP contribution is 2.31. The lowest BCUT2D eigenvalue weighted by Gasteiger charge is -2.08. The number of nitrogens with one attached hydrogen (secondary N) is 1. The number of H-pyrrole nitrogens is 1. The maximum absolute atomic E-state index is 14.2. The van der Waals surface area contributed by atoms with Gasteiger partial charge in [0.2, 0.25) is 0 Å². The Hall–Kier alpha value is -3.74. The van der Waals surface area contributed by atoms with Crippen molar-refractivity contribution in [2.75, 3.05) is 0 Å². The summed E-state index contributed by atoms with van der Waals surface area (Å²) in [4.78, 5) is 19.9. The summed E-state index contributed by atoms with van der Waals surface area (Å²) in [5.74, 6) is 0.397. The minimum Gasteiger partial charge on any atom is -0.361 e. The summed E-state index contributed by atoms with van der Waals surface area (Å²) in [7, 11) is 0. The number of hydrogen-bond donors (Lipinski definition) is 1. The van der Waals surface area contributed by atoms with Crippen molar-refractivity contribution in [1.29, 1.82) is 0 Å². The predicted octanol–water partition coefficient (Wildman–Crippen LogP) is 4.34. The molecule has 0 atom stereocenters. The second-order valence-electron chi connectivity index (χ2n) is 7.06. The molecule has 0 spiro atoms. The molecule has 3 heterocycles. The molecule has 3 aromatic heterocycles. The molecule has 7 heteroatoms. The van der Waals surface area contributed by atoms with Gasteiger partial charge in [0.05, 0.1) is 35.0 Å². The molecule has 5 aromatic rings. The fraction of sp³-hybridized carbons (Fsp3) is 0.136. The van der Waals surface area contributed by atoms with Crippen molar-refractivity contribution in [3.8, 4) is 11.1 Å². The maximum atomic E-state index is 14.2. The topological polar surface area (TPSA) is 76.7 Å². The number of benzene rings is 2. The van der Waals surface area contributed by atoms with E-state index in [4.69, 9.17) is 4.52 Å². The molecule has 0 aliphatic heterocycles. The fourth-order valence-electron chi connectivity index (χ4n) is 3.84. The summed E-state index contributed by atoms with van der Waals surface area (Å²) in [5, 5.41) is 4.83. The summed E-state index contributed by atoms with van der Waals surface area (Å²) < 4.78 is 21.0. The van der Waals surface area contributed by atoms with E-state index < -0.39 is 0 Å². The number of fused-ring (bicyclic) bond motifs is 3. The van der Waals surface area contributed by atoms with Crippen LogP contribution in [0.5, 0.6) is 0 Å². The third-order valence-electron chi connectivity index (χ3n) is 5.21. The predicted molar refractivity (Wildman–Crippen MR) is 108 cm³/mol. The van der Waals surface area contributed by atoms with Crippen molar-refractivity contribution in [2.24, 2.45) is 0 Å². The van der Waals surface area contributed by atoms with Gasteiger partial charge < -0.3 is 9.51 Å². The standard InChI is InChI=1S/C22H17FN4O2/c1-12-20(13(2)29-26-12)14-7-8-16-18(9-14)24-10-19-21(16)27(22(28)25-19)11-15-5-3-4-6-17(15)23/h3-10H,11H2,1-2H3,(H,25,28). The minimum absolute atomic E-state index is 0.135. The molecule has 0 saturated carbocycles. The van der Waals surface area contributed by atoms with Gasteiger partial charge in [-0.3, -0.25) is 9.55 Å². The number of aryl methyl sites for hydroxylation is 2. The van der Waals surface area contributed by atoms with E-state index in [-0.39, 0.29) is 18.1 Å². The van der Waals surface area contributed by atoms with Crippen LogP contribution in [-0.2, 0) is 6.54 Å². The van der Waals surface area contributed by atoms with E-state index >= 15 is 0 Å². The molecule has 0 saturated heterocycles. The number of aromatic nitrogens is 4. The Morgan fingerprint density at radius 2 is 2.00 bits per heavy atom. The van der Waals surface area contributed by atoms with Crippen molar-refractivity contribution in [2.45, 2.75) is 20.4 Å². The fourth-order valence-corrected chi connectivity index (χ4v) is 3.84. The molecule has 5 rings (SSSR count). The van der Waals surface area contributed by atoms with Gasteiger partial charge in [0.1, 0.15) is 11.6 Å². The van der Waals surface area contributed by atoms with Crippen LogP contribution in [0.1, 0.15) is 17.0 Å². The highest BCUT2D eigenvalue weighted by Gasteiger charge is 2.16. The largest absolute Gasteiger partial charge is 0.361 e.